The number of nitrogens with zero attached hydrogens (tertiary/aromatic N) is 2. The summed E-state index contributed by atoms with van der Waals surface area (Å²) in [5.41, 5.74) is 0. The second kappa shape index (κ2) is 8.27. The lowest BCUT2D eigenvalue weighted by Crippen LogP contribution is -2.53. The summed E-state index contributed by atoms with van der Waals surface area (Å²) in [5, 5.41) is 6.76. The van der Waals surface area contributed by atoms with Crippen LogP contribution in [0.2, 0.25) is 0 Å². The summed E-state index contributed by atoms with van der Waals surface area (Å²) in [7, 11) is 0. The Morgan fingerprint density at radius 2 is 1.95 bits per heavy atom. The standard InChI is InChI=1S/C17H27N3S2/c21-17(18-15-5-2-1-3-6-15)20-12-10-19(11-13-20)9-8-16-7-4-14-22-16/h4,7,14-15H,1-3,5-6,8-13H2,(H,18,21). The number of piperazine rings is 1. The zero-order valence-corrected chi connectivity index (χ0v) is 14.9. The molecule has 5 heteroatoms. The zero-order valence-electron chi connectivity index (χ0n) is 13.3. The molecule has 2 heterocycles. The third kappa shape index (κ3) is 4.67. The first-order valence-electron chi connectivity index (χ1n) is 8.61. The van der Waals surface area contributed by atoms with Gasteiger partial charge >= 0.3 is 0 Å². The van der Waals surface area contributed by atoms with Crippen LogP contribution in [0.5, 0.6) is 0 Å². The maximum absolute atomic E-state index is 5.62. The van der Waals surface area contributed by atoms with E-state index < -0.39 is 0 Å². The molecule has 122 valence electrons. The van der Waals surface area contributed by atoms with Gasteiger partial charge in [0, 0.05) is 43.6 Å². The molecule has 3 rings (SSSR count). The van der Waals surface area contributed by atoms with Gasteiger partial charge in [-0.05, 0) is 42.9 Å². The number of thiocarbonyl (C=S) groups is 1. The molecular weight excluding hydrogens is 310 g/mol. The highest BCUT2D eigenvalue weighted by Gasteiger charge is 2.21. The summed E-state index contributed by atoms with van der Waals surface area (Å²) in [6.07, 6.45) is 7.88. The molecule has 22 heavy (non-hydrogen) atoms. The molecule has 0 atom stereocenters. The summed E-state index contributed by atoms with van der Waals surface area (Å²) in [5.74, 6) is 0. The second-order valence-electron chi connectivity index (χ2n) is 6.44. The minimum Gasteiger partial charge on any atom is -0.360 e. The van der Waals surface area contributed by atoms with E-state index in [1.807, 2.05) is 11.3 Å². The number of rotatable bonds is 4. The maximum Gasteiger partial charge on any atom is 0.169 e. The van der Waals surface area contributed by atoms with Crippen molar-refractivity contribution in [2.24, 2.45) is 0 Å². The molecule has 0 radical (unpaired) electrons. The van der Waals surface area contributed by atoms with Gasteiger partial charge in [0.25, 0.3) is 0 Å². The summed E-state index contributed by atoms with van der Waals surface area (Å²) in [6, 6.07) is 5.01. The third-order valence-corrected chi connectivity index (χ3v) is 6.16. The van der Waals surface area contributed by atoms with Gasteiger partial charge in [0.15, 0.2) is 5.11 Å². The molecule has 1 aromatic rings. The SMILES string of the molecule is S=C(NC1CCCCC1)N1CCN(CCc2cccs2)CC1. The normalized spacial score (nSPS) is 21.0. The van der Waals surface area contributed by atoms with Gasteiger partial charge in [0.1, 0.15) is 0 Å². The Morgan fingerprint density at radius 1 is 1.18 bits per heavy atom. The van der Waals surface area contributed by atoms with Crippen molar-refractivity contribution in [3.63, 3.8) is 0 Å². The average molecular weight is 338 g/mol. The summed E-state index contributed by atoms with van der Waals surface area (Å²) in [6.45, 7) is 5.60. The van der Waals surface area contributed by atoms with E-state index in [9.17, 15) is 0 Å². The van der Waals surface area contributed by atoms with Crippen LogP contribution in [-0.4, -0.2) is 53.7 Å². The van der Waals surface area contributed by atoms with Crippen molar-refractivity contribution < 1.29 is 0 Å². The maximum atomic E-state index is 5.62. The number of thiophene rings is 1. The van der Waals surface area contributed by atoms with E-state index in [4.69, 9.17) is 12.2 Å². The Hall–Kier alpha value is -0.650. The number of hydrogen-bond donors (Lipinski definition) is 1. The Morgan fingerprint density at radius 3 is 2.64 bits per heavy atom. The highest BCUT2D eigenvalue weighted by atomic mass is 32.1. The van der Waals surface area contributed by atoms with Crippen LogP contribution in [-0.2, 0) is 6.42 Å². The first kappa shape index (κ1) is 16.2. The molecule has 1 saturated carbocycles. The highest BCUT2D eigenvalue weighted by molar-refractivity contribution is 7.80. The smallest absolute Gasteiger partial charge is 0.169 e. The van der Waals surface area contributed by atoms with E-state index in [2.05, 4.69) is 32.6 Å². The van der Waals surface area contributed by atoms with Crippen molar-refractivity contribution in [2.75, 3.05) is 32.7 Å². The lowest BCUT2D eigenvalue weighted by atomic mass is 9.96. The van der Waals surface area contributed by atoms with Crippen LogP contribution in [0.3, 0.4) is 0 Å². The largest absolute Gasteiger partial charge is 0.360 e. The van der Waals surface area contributed by atoms with Crippen LogP contribution < -0.4 is 5.32 Å². The molecule has 2 aliphatic rings. The molecule has 1 saturated heterocycles. The zero-order chi connectivity index (χ0) is 15.2. The van der Waals surface area contributed by atoms with E-state index in [1.54, 1.807) is 0 Å². The van der Waals surface area contributed by atoms with E-state index in [0.29, 0.717) is 6.04 Å². The molecule has 0 spiro atoms. The minimum atomic E-state index is 0.623. The van der Waals surface area contributed by atoms with Crippen LogP contribution in [0.1, 0.15) is 37.0 Å². The fourth-order valence-electron chi connectivity index (χ4n) is 3.41. The van der Waals surface area contributed by atoms with Crippen molar-refractivity contribution in [1.82, 2.24) is 15.1 Å². The third-order valence-electron chi connectivity index (χ3n) is 4.85. The summed E-state index contributed by atoms with van der Waals surface area (Å²) in [4.78, 5) is 6.43. The molecule has 1 N–H and O–H groups in total. The predicted molar refractivity (Wildman–Crippen MR) is 98.6 cm³/mol. The van der Waals surface area contributed by atoms with Gasteiger partial charge in [0.05, 0.1) is 0 Å². The predicted octanol–water partition coefficient (Wildman–Crippen LogP) is 3.12. The van der Waals surface area contributed by atoms with Gasteiger partial charge in [-0.3, -0.25) is 4.90 Å². The molecule has 0 bridgehead atoms. The van der Waals surface area contributed by atoms with Crippen molar-refractivity contribution in [3.05, 3.63) is 22.4 Å². The fraction of sp³-hybridized carbons (Fsp3) is 0.706. The number of nitrogens with one attached hydrogen (secondary N) is 1. The lowest BCUT2D eigenvalue weighted by molar-refractivity contribution is 0.182. The van der Waals surface area contributed by atoms with Crippen molar-refractivity contribution >= 4 is 28.7 Å². The molecule has 1 aromatic heterocycles. The van der Waals surface area contributed by atoms with Gasteiger partial charge in [-0.2, -0.15) is 0 Å². The van der Waals surface area contributed by atoms with Gasteiger partial charge in [-0.25, -0.2) is 0 Å². The fourth-order valence-corrected chi connectivity index (χ4v) is 4.46. The highest BCUT2D eigenvalue weighted by Crippen LogP contribution is 2.18. The van der Waals surface area contributed by atoms with E-state index >= 15 is 0 Å². The van der Waals surface area contributed by atoms with E-state index in [-0.39, 0.29) is 0 Å². The quantitative estimate of drug-likeness (QED) is 0.851. The van der Waals surface area contributed by atoms with Gasteiger partial charge in [-0.15, -0.1) is 11.3 Å². The van der Waals surface area contributed by atoms with Gasteiger partial charge < -0.3 is 10.2 Å². The molecule has 2 fully saturated rings. The molecule has 1 aliphatic carbocycles. The van der Waals surface area contributed by atoms with Crippen molar-refractivity contribution in [2.45, 2.75) is 44.6 Å². The van der Waals surface area contributed by atoms with Crippen LogP contribution in [0.25, 0.3) is 0 Å². The van der Waals surface area contributed by atoms with E-state index in [1.165, 1.54) is 49.9 Å². The first-order valence-corrected chi connectivity index (χ1v) is 9.90. The lowest BCUT2D eigenvalue weighted by Gasteiger charge is -2.37. The molecule has 0 unspecified atom stereocenters. The first-order chi connectivity index (χ1) is 10.8. The topological polar surface area (TPSA) is 18.5 Å². The second-order valence-corrected chi connectivity index (χ2v) is 7.86. The summed E-state index contributed by atoms with van der Waals surface area (Å²) < 4.78 is 0. The van der Waals surface area contributed by atoms with E-state index in [0.717, 1.165) is 31.3 Å². The molecular formula is C17H27N3S2. The Labute approximate surface area is 143 Å². The van der Waals surface area contributed by atoms with Crippen molar-refractivity contribution in [1.29, 1.82) is 0 Å². The van der Waals surface area contributed by atoms with Crippen LogP contribution in [0.4, 0.5) is 0 Å². The van der Waals surface area contributed by atoms with Crippen LogP contribution in [0, 0.1) is 0 Å². The average Bonchev–Trinajstić information content (AvgIpc) is 3.08. The number of hydrogen-bond acceptors (Lipinski definition) is 3. The Balaban J connectivity index is 1.36. The Bertz CT molecular complexity index is 446. The Kier molecular flexibility index (Phi) is 6.10. The molecule has 0 aromatic carbocycles. The van der Waals surface area contributed by atoms with Crippen LogP contribution >= 0.6 is 23.6 Å². The molecule has 0 amide bonds. The summed E-state index contributed by atoms with van der Waals surface area (Å²) >= 11 is 7.49. The van der Waals surface area contributed by atoms with Crippen molar-refractivity contribution in [3.8, 4) is 0 Å². The molecule has 3 nitrogen and oxygen atoms in total. The van der Waals surface area contributed by atoms with Gasteiger partial charge in [0.2, 0.25) is 0 Å². The van der Waals surface area contributed by atoms with Gasteiger partial charge in [-0.1, -0.05) is 25.3 Å². The monoisotopic (exact) mass is 337 g/mol. The minimum absolute atomic E-state index is 0.623. The molecule has 1 aliphatic heterocycles. The van der Waals surface area contributed by atoms with Crippen LogP contribution in [0.15, 0.2) is 17.5 Å².